The Kier molecular flexibility index (Phi) is 5.87. The Morgan fingerprint density at radius 3 is 2.76 bits per heavy atom. The maximum Gasteiger partial charge on any atom is 0.171 e. The second-order valence-corrected chi connectivity index (χ2v) is 7.26. The minimum absolute atomic E-state index is 0.144. The highest BCUT2D eigenvalue weighted by atomic mass is 32.1. The molecule has 1 aromatic heterocycles. The van der Waals surface area contributed by atoms with Gasteiger partial charge in [-0.3, -0.25) is 4.98 Å². The Morgan fingerprint density at radius 2 is 2.08 bits per heavy atom. The molecule has 0 radical (unpaired) electrons. The summed E-state index contributed by atoms with van der Waals surface area (Å²) >= 11 is 5.40. The summed E-state index contributed by atoms with van der Waals surface area (Å²) in [5.41, 5.74) is 3.43. The first-order valence-corrected chi connectivity index (χ1v) is 9.35. The highest BCUT2D eigenvalue weighted by Gasteiger charge is 2.16. The van der Waals surface area contributed by atoms with E-state index in [2.05, 4.69) is 58.6 Å². The summed E-state index contributed by atoms with van der Waals surface area (Å²) in [4.78, 5) is 6.57. The van der Waals surface area contributed by atoms with Crippen LogP contribution in [0.2, 0.25) is 0 Å². The molecular weight excluding hydrogens is 328 g/mol. The van der Waals surface area contributed by atoms with Gasteiger partial charge in [0, 0.05) is 25.0 Å². The lowest BCUT2D eigenvalue weighted by molar-refractivity contribution is 0.447. The second kappa shape index (κ2) is 8.30. The standard InChI is InChI=1S/C20H26N4S/c1-15-5-4-12-24(14-15)19-9-7-17(8-10-19)16(2)22-20(25)23-18-6-3-11-21-13-18/h3,6-11,13,15-16H,4-5,12,14H2,1-2H3,(H2,22,23,25)/t15-,16+/m0/s1. The van der Waals surface area contributed by atoms with Crippen LogP contribution in [0.25, 0.3) is 0 Å². The first-order valence-electron chi connectivity index (χ1n) is 8.94. The zero-order valence-corrected chi connectivity index (χ0v) is 15.7. The molecule has 0 spiro atoms. The van der Waals surface area contributed by atoms with Crippen LogP contribution in [0, 0.1) is 5.92 Å². The Bertz CT molecular complexity index is 687. The monoisotopic (exact) mass is 354 g/mol. The average Bonchev–Trinajstić information content (AvgIpc) is 2.62. The molecule has 4 nitrogen and oxygen atoms in total. The number of anilines is 2. The van der Waals surface area contributed by atoms with Crippen molar-refractivity contribution in [2.45, 2.75) is 32.7 Å². The van der Waals surface area contributed by atoms with E-state index in [4.69, 9.17) is 12.2 Å². The molecular formula is C20H26N4S. The molecule has 2 aromatic rings. The molecule has 0 unspecified atom stereocenters. The number of rotatable bonds is 4. The maximum atomic E-state index is 5.40. The Hall–Kier alpha value is -2.14. The van der Waals surface area contributed by atoms with Crippen LogP contribution < -0.4 is 15.5 Å². The molecule has 2 heterocycles. The van der Waals surface area contributed by atoms with E-state index in [9.17, 15) is 0 Å². The number of aromatic nitrogens is 1. The Balaban J connectivity index is 1.57. The largest absolute Gasteiger partial charge is 0.371 e. The van der Waals surface area contributed by atoms with Crippen molar-refractivity contribution in [1.29, 1.82) is 0 Å². The van der Waals surface area contributed by atoms with E-state index in [1.165, 1.54) is 24.1 Å². The molecule has 1 aliphatic rings. The molecule has 2 N–H and O–H groups in total. The first kappa shape index (κ1) is 17.7. The number of piperidine rings is 1. The van der Waals surface area contributed by atoms with E-state index in [-0.39, 0.29) is 6.04 Å². The average molecular weight is 355 g/mol. The fourth-order valence-electron chi connectivity index (χ4n) is 3.28. The normalized spacial score (nSPS) is 18.5. The van der Waals surface area contributed by atoms with Gasteiger partial charge in [0.25, 0.3) is 0 Å². The molecule has 0 bridgehead atoms. The maximum absolute atomic E-state index is 5.40. The number of thiocarbonyl (C=S) groups is 1. The van der Waals surface area contributed by atoms with Gasteiger partial charge in [0.2, 0.25) is 0 Å². The van der Waals surface area contributed by atoms with Gasteiger partial charge >= 0.3 is 0 Å². The van der Waals surface area contributed by atoms with Crippen molar-refractivity contribution in [2.24, 2.45) is 5.92 Å². The smallest absolute Gasteiger partial charge is 0.171 e. The number of nitrogens with one attached hydrogen (secondary N) is 2. The Morgan fingerprint density at radius 1 is 1.28 bits per heavy atom. The quantitative estimate of drug-likeness (QED) is 0.798. The molecule has 2 atom stereocenters. The zero-order chi connectivity index (χ0) is 17.6. The topological polar surface area (TPSA) is 40.2 Å². The van der Waals surface area contributed by atoms with Gasteiger partial charge < -0.3 is 15.5 Å². The van der Waals surface area contributed by atoms with Crippen molar-refractivity contribution in [3.63, 3.8) is 0 Å². The van der Waals surface area contributed by atoms with Crippen LogP contribution in [0.4, 0.5) is 11.4 Å². The SMILES string of the molecule is C[C@H]1CCCN(c2ccc([C@@H](C)NC(=S)Nc3cccnc3)cc2)C1. The third-order valence-corrected chi connectivity index (χ3v) is 4.90. The summed E-state index contributed by atoms with van der Waals surface area (Å²) in [5, 5.41) is 7.10. The molecule has 0 saturated carbocycles. The summed E-state index contributed by atoms with van der Waals surface area (Å²) in [6.45, 7) is 6.78. The molecule has 25 heavy (non-hydrogen) atoms. The fraction of sp³-hybridized carbons (Fsp3) is 0.400. The second-order valence-electron chi connectivity index (χ2n) is 6.85. The molecule has 0 amide bonds. The lowest BCUT2D eigenvalue weighted by Crippen LogP contribution is -2.34. The Labute approximate surface area is 155 Å². The molecule has 3 rings (SSSR count). The highest BCUT2D eigenvalue weighted by Crippen LogP contribution is 2.24. The van der Waals surface area contributed by atoms with Crippen LogP contribution in [0.3, 0.4) is 0 Å². The zero-order valence-electron chi connectivity index (χ0n) is 14.9. The minimum atomic E-state index is 0.144. The molecule has 1 fully saturated rings. The third kappa shape index (κ3) is 4.92. The van der Waals surface area contributed by atoms with Crippen molar-refractivity contribution < 1.29 is 0 Å². The van der Waals surface area contributed by atoms with Crippen molar-refractivity contribution in [3.8, 4) is 0 Å². The summed E-state index contributed by atoms with van der Waals surface area (Å²) in [7, 11) is 0. The minimum Gasteiger partial charge on any atom is -0.371 e. The van der Waals surface area contributed by atoms with Crippen LogP contribution in [-0.2, 0) is 0 Å². The molecule has 5 heteroatoms. The third-order valence-electron chi connectivity index (χ3n) is 4.68. The van der Waals surface area contributed by atoms with E-state index < -0.39 is 0 Å². The first-order chi connectivity index (χ1) is 12.1. The number of hydrogen-bond acceptors (Lipinski definition) is 3. The van der Waals surface area contributed by atoms with Crippen molar-refractivity contribution in [2.75, 3.05) is 23.3 Å². The van der Waals surface area contributed by atoms with Crippen molar-refractivity contribution in [1.82, 2.24) is 10.3 Å². The van der Waals surface area contributed by atoms with Gasteiger partial charge in [0.15, 0.2) is 5.11 Å². The summed E-state index contributed by atoms with van der Waals surface area (Å²) in [6, 6.07) is 12.8. The van der Waals surface area contributed by atoms with Crippen LogP contribution in [0.15, 0.2) is 48.8 Å². The molecule has 1 aromatic carbocycles. The molecule has 132 valence electrons. The highest BCUT2D eigenvalue weighted by molar-refractivity contribution is 7.80. The van der Waals surface area contributed by atoms with Crippen LogP contribution in [0.1, 0.15) is 38.3 Å². The fourth-order valence-corrected chi connectivity index (χ4v) is 3.58. The van der Waals surface area contributed by atoms with Gasteiger partial charge in [0.1, 0.15) is 0 Å². The van der Waals surface area contributed by atoms with Gasteiger partial charge in [-0.25, -0.2) is 0 Å². The van der Waals surface area contributed by atoms with Gasteiger partial charge in [-0.1, -0.05) is 19.1 Å². The molecule has 0 aliphatic carbocycles. The van der Waals surface area contributed by atoms with Gasteiger partial charge in [-0.15, -0.1) is 0 Å². The van der Waals surface area contributed by atoms with Crippen LogP contribution in [0.5, 0.6) is 0 Å². The predicted molar refractivity (Wildman–Crippen MR) is 109 cm³/mol. The predicted octanol–water partition coefficient (Wildman–Crippen LogP) is 4.37. The lowest BCUT2D eigenvalue weighted by Gasteiger charge is -2.33. The summed E-state index contributed by atoms with van der Waals surface area (Å²) < 4.78 is 0. The van der Waals surface area contributed by atoms with Crippen molar-refractivity contribution in [3.05, 3.63) is 54.4 Å². The van der Waals surface area contributed by atoms with E-state index in [1.54, 1.807) is 12.4 Å². The summed E-state index contributed by atoms with van der Waals surface area (Å²) in [6.07, 6.45) is 6.13. The number of hydrogen-bond donors (Lipinski definition) is 2. The summed E-state index contributed by atoms with van der Waals surface area (Å²) in [5.74, 6) is 0.782. The van der Waals surface area contributed by atoms with Gasteiger partial charge in [0.05, 0.1) is 17.9 Å². The van der Waals surface area contributed by atoms with E-state index in [0.717, 1.165) is 24.7 Å². The lowest BCUT2D eigenvalue weighted by atomic mass is 9.99. The number of benzene rings is 1. The molecule has 1 aliphatic heterocycles. The van der Waals surface area contributed by atoms with Gasteiger partial charge in [-0.05, 0) is 67.7 Å². The van der Waals surface area contributed by atoms with Crippen LogP contribution >= 0.6 is 12.2 Å². The van der Waals surface area contributed by atoms with Crippen LogP contribution in [-0.4, -0.2) is 23.2 Å². The van der Waals surface area contributed by atoms with E-state index in [1.807, 2.05) is 12.1 Å². The molecule has 1 saturated heterocycles. The number of nitrogens with zero attached hydrogens (tertiary/aromatic N) is 2. The van der Waals surface area contributed by atoms with E-state index in [0.29, 0.717) is 5.11 Å². The number of pyridine rings is 1. The van der Waals surface area contributed by atoms with Gasteiger partial charge in [-0.2, -0.15) is 0 Å². The van der Waals surface area contributed by atoms with E-state index >= 15 is 0 Å². The van der Waals surface area contributed by atoms with Crippen molar-refractivity contribution >= 4 is 28.7 Å².